The summed E-state index contributed by atoms with van der Waals surface area (Å²) in [6, 6.07) is 2.14. The van der Waals surface area contributed by atoms with Gasteiger partial charge in [-0.3, -0.25) is 0 Å². The lowest BCUT2D eigenvalue weighted by Crippen LogP contribution is -2.10. The fourth-order valence-corrected chi connectivity index (χ4v) is 1.50. The Hall–Kier alpha value is -2.49. The highest BCUT2D eigenvalue weighted by Crippen LogP contribution is 2.17. The van der Waals surface area contributed by atoms with Crippen LogP contribution in [0.1, 0.15) is 22.6 Å². The molecule has 0 fully saturated rings. The van der Waals surface area contributed by atoms with Crippen LogP contribution in [0.15, 0.2) is 6.33 Å². The van der Waals surface area contributed by atoms with Crippen molar-refractivity contribution >= 4 is 5.82 Å². The molecule has 92 valence electrons. The van der Waals surface area contributed by atoms with Crippen molar-refractivity contribution in [3.05, 3.63) is 29.0 Å². The number of rotatable bonds is 3. The van der Waals surface area contributed by atoms with E-state index in [1.807, 2.05) is 20.9 Å². The van der Waals surface area contributed by atoms with Crippen LogP contribution in [0.2, 0.25) is 0 Å². The third kappa shape index (κ3) is 2.13. The van der Waals surface area contributed by atoms with Gasteiger partial charge in [-0.2, -0.15) is 10.4 Å². The number of aromatic nitrogens is 5. The van der Waals surface area contributed by atoms with Crippen molar-refractivity contribution in [2.24, 2.45) is 7.05 Å². The van der Waals surface area contributed by atoms with Gasteiger partial charge < -0.3 is 9.88 Å². The molecule has 0 bridgehead atoms. The summed E-state index contributed by atoms with van der Waals surface area (Å²) in [5.74, 6) is 1.24. The molecule has 0 saturated heterocycles. The summed E-state index contributed by atoms with van der Waals surface area (Å²) in [4.78, 5) is 0. The fraction of sp³-hybridized carbons (Fsp3) is 0.364. The maximum absolute atomic E-state index is 9.14. The molecular formula is C11H13N7. The van der Waals surface area contributed by atoms with Gasteiger partial charge >= 0.3 is 0 Å². The van der Waals surface area contributed by atoms with E-state index in [2.05, 4.69) is 31.8 Å². The summed E-state index contributed by atoms with van der Waals surface area (Å²) in [6.07, 6.45) is 1.62. The first-order valence-electron chi connectivity index (χ1n) is 5.44. The van der Waals surface area contributed by atoms with Gasteiger partial charge in [0.1, 0.15) is 18.0 Å². The van der Waals surface area contributed by atoms with Crippen LogP contribution in [0.25, 0.3) is 0 Å². The number of hydrogen-bond donors (Lipinski definition) is 1. The van der Waals surface area contributed by atoms with Crippen molar-refractivity contribution in [1.82, 2.24) is 25.0 Å². The Labute approximate surface area is 104 Å². The first-order chi connectivity index (χ1) is 8.63. The molecule has 7 nitrogen and oxygen atoms in total. The third-order valence-corrected chi connectivity index (χ3v) is 2.79. The third-order valence-electron chi connectivity index (χ3n) is 2.79. The highest BCUT2D eigenvalue weighted by Gasteiger charge is 2.11. The van der Waals surface area contributed by atoms with Crippen LogP contribution in [0.3, 0.4) is 0 Å². The molecule has 1 N–H and O–H groups in total. The molecule has 0 aromatic carbocycles. The summed E-state index contributed by atoms with van der Waals surface area (Å²) in [7, 11) is 1.86. The van der Waals surface area contributed by atoms with Gasteiger partial charge in [0.05, 0.1) is 12.2 Å². The molecule has 0 aliphatic heterocycles. The van der Waals surface area contributed by atoms with Gasteiger partial charge in [-0.15, -0.1) is 15.3 Å². The predicted molar refractivity (Wildman–Crippen MR) is 64.6 cm³/mol. The van der Waals surface area contributed by atoms with Gasteiger partial charge in [-0.25, -0.2) is 0 Å². The van der Waals surface area contributed by atoms with Crippen LogP contribution in [-0.2, 0) is 13.6 Å². The molecule has 0 unspecified atom stereocenters. The molecule has 0 saturated carbocycles. The maximum Gasteiger partial charge on any atom is 0.167 e. The molecule has 0 radical (unpaired) electrons. The molecule has 0 aliphatic rings. The van der Waals surface area contributed by atoms with Crippen LogP contribution in [0.5, 0.6) is 0 Å². The largest absolute Gasteiger partial charge is 0.360 e. The molecule has 0 spiro atoms. The Bertz CT molecular complexity index is 608. The molecule has 0 aliphatic carbocycles. The second-order valence-electron chi connectivity index (χ2n) is 3.96. The quantitative estimate of drug-likeness (QED) is 0.853. The lowest BCUT2D eigenvalue weighted by molar-refractivity contribution is 0.806. The first kappa shape index (κ1) is 12.0. The van der Waals surface area contributed by atoms with Crippen LogP contribution >= 0.6 is 0 Å². The van der Waals surface area contributed by atoms with Gasteiger partial charge in [0, 0.05) is 7.05 Å². The second kappa shape index (κ2) is 4.79. The van der Waals surface area contributed by atoms with Crippen molar-refractivity contribution in [2.75, 3.05) is 5.32 Å². The minimum absolute atomic E-state index is 0.447. The summed E-state index contributed by atoms with van der Waals surface area (Å²) in [6.45, 7) is 4.13. The summed E-state index contributed by atoms with van der Waals surface area (Å²) in [5.41, 5.74) is 2.12. The van der Waals surface area contributed by atoms with E-state index in [-0.39, 0.29) is 0 Å². The molecule has 2 aromatic heterocycles. The minimum atomic E-state index is 0.447. The van der Waals surface area contributed by atoms with E-state index in [0.29, 0.717) is 17.9 Å². The van der Waals surface area contributed by atoms with Gasteiger partial charge in [0.2, 0.25) is 0 Å². The minimum Gasteiger partial charge on any atom is -0.360 e. The topological polar surface area (TPSA) is 92.3 Å². The SMILES string of the molecule is Cc1nnc(NCc2nncn2C)c(C#N)c1C. The van der Waals surface area contributed by atoms with Crippen molar-refractivity contribution in [3.63, 3.8) is 0 Å². The average molecular weight is 243 g/mol. The highest BCUT2D eigenvalue weighted by molar-refractivity contribution is 5.55. The summed E-state index contributed by atoms with van der Waals surface area (Å²) in [5, 5.41) is 27.9. The zero-order valence-corrected chi connectivity index (χ0v) is 10.5. The van der Waals surface area contributed by atoms with Crippen molar-refractivity contribution in [3.8, 4) is 6.07 Å². The van der Waals surface area contributed by atoms with Gasteiger partial charge in [-0.1, -0.05) is 0 Å². The molecular weight excluding hydrogens is 230 g/mol. The smallest absolute Gasteiger partial charge is 0.167 e. The fourth-order valence-electron chi connectivity index (χ4n) is 1.50. The Morgan fingerprint density at radius 1 is 1.33 bits per heavy atom. The molecule has 7 heteroatoms. The van der Waals surface area contributed by atoms with Crippen LogP contribution in [0, 0.1) is 25.2 Å². The Kier molecular flexibility index (Phi) is 3.19. The lowest BCUT2D eigenvalue weighted by atomic mass is 10.1. The van der Waals surface area contributed by atoms with Gasteiger partial charge in [-0.05, 0) is 19.4 Å². The van der Waals surface area contributed by atoms with Crippen molar-refractivity contribution < 1.29 is 0 Å². The number of nitrogens with zero attached hydrogens (tertiary/aromatic N) is 6. The van der Waals surface area contributed by atoms with Crippen molar-refractivity contribution in [1.29, 1.82) is 5.26 Å². The predicted octanol–water partition coefficient (Wildman–Crippen LogP) is 0.706. The molecule has 2 heterocycles. The zero-order chi connectivity index (χ0) is 13.1. The monoisotopic (exact) mass is 243 g/mol. The van der Waals surface area contributed by atoms with Crippen molar-refractivity contribution in [2.45, 2.75) is 20.4 Å². The van der Waals surface area contributed by atoms with Gasteiger partial charge in [0.25, 0.3) is 0 Å². The number of nitrogens with one attached hydrogen (secondary N) is 1. The normalized spacial score (nSPS) is 10.1. The zero-order valence-electron chi connectivity index (χ0n) is 10.5. The molecule has 0 atom stereocenters. The Morgan fingerprint density at radius 2 is 2.11 bits per heavy atom. The van der Waals surface area contributed by atoms with Crippen LogP contribution in [-0.4, -0.2) is 25.0 Å². The Morgan fingerprint density at radius 3 is 2.72 bits per heavy atom. The van der Waals surface area contributed by atoms with E-state index >= 15 is 0 Å². The van der Waals surface area contributed by atoms with Gasteiger partial charge in [0.15, 0.2) is 11.6 Å². The first-order valence-corrected chi connectivity index (χ1v) is 5.44. The van der Waals surface area contributed by atoms with Crippen LogP contribution < -0.4 is 5.32 Å². The number of aryl methyl sites for hydroxylation is 2. The average Bonchev–Trinajstić information content (AvgIpc) is 2.76. The number of anilines is 1. The standard InChI is InChI=1S/C11H13N7/c1-7-8(2)15-17-11(9(7)4-12)13-5-10-16-14-6-18(10)3/h6H,5H2,1-3H3,(H,13,17). The van der Waals surface area contributed by atoms with E-state index in [0.717, 1.165) is 17.1 Å². The Balaban J connectivity index is 2.23. The number of hydrogen-bond acceptors (Lipinski definition) is 6. The molecule has 2 aromatic rings. The lowest BCUT2D eigenvalue weighted by Gasteiger charge is -2.08. The maximum atomic E-state index is 9.14. The van der Waals surface area contributed by atoms with E-state index in [9.17, 15) is 0 Å². The molecule has 2 rings (SSSR count). The van der Waals surface area contributed by atoms with E-state index in [1.165, 1.54) is 0 Å². The summed E-state index contributed by atoms with van der Waals surface area (Å²) >= 11 is 0. The molecule has 18 heavy (non-hydrogen) atoms. The van der Waals surface area contributed by atoms with E-state index in [4.69, 9.17) is 5.26 Å². The summed E-state index contributed by atoms with van der Waals surface area (Å²) < 4.78 is 1.80. The van der Waals surface area contributed by atoms with Crippen LogP contribution in [0.4, 0.5) is 5.82 Å². The number of nitriles is 1. The van der Waals surface area contributed by atoms with E-state index in [1.54, 1.807) is 10.9 Å². The second-order valence-corrected chi connectivity index (χ2v) is 3.96. The highest BCUT2D eigenvalue weighted by atomic mass is 15.3. The van der Waals surface area contributed by atoms with E-state index < -0.39 is 0 Å². The molecule has 0 amide bonds.